The van der Waals surface area contributed by atoms with Crippen LogP contribution < -0.4 is 19.1 Å². The van der Waals surface area contributed by atoms with Crippen LogP contribution in [-0.4, -0.2) is 34.1 Å². The zero-order chi connectivity index (χ0) is 24.3. The van der Waals surface area contributed by atoms with Gasteiger partial charge in [-0.15, -0.1) is 0 Å². The van der Waals surface area contributed by atoms with Crippen LogP contribution in [0, 0.1) is 12.7 Å². The van der Waals surface area contributed by atoms with Crippen LogP contribution in [0.5, 0.6) is 11.5 Å². The Bertz CT molecular complexity index is 1330. The Morgan fingerprint density at radius 3 is 2.50 bits per heavy atom. The van der Waals surface area contributed by atoms with Gasteiger partial charge in [0.25, 0.3) is 10.0 Å². The summed E-state index contributed by atoms with van der Waals surface area (Å²) in [7, 11) is -4.25. The van der Waals surface area contributed by atoms with Gasteiger partial charge in [0.15, 0.2) is 11.5 Å². The van der Waals surface area contributed by atoms with Gasteiger partial charge >= 0.3 is 0 Å². The topological polar surface area (TPSA) is 84.9 Å². The fourth-order valence-corrected chi connectivity index (χ4v) is 5.20. The Labute approximate surface area is 198 Å². The average molecular weight is 485 g/mol. The van der Waals surface area contributed by atoms with Gasteiger partial charge in [0.1, 0.15) is 25.6 Å². The van der Waals surface area contributed by atoms with E-state index in [4.69, 9.17) is 9.47 Å². The van der Waals surface area contributed by atoms with E-state index in [9.17, 15) is 17.6 Å². The molecule has 0 bridgehead atoms. The number of rotatable bonds is 7. The van der Waals surface area contributed by atoms with Gasteiger partial charge in [-0.1, -0.05) is 31.2 Å². The molecule has 1 heterocycles. The third-order valence-corrected chi connectivity index (χ3v) is 7.26. The molecule has 0 aromatic heterocycles. The minimum Gasteiger partial charge on any atom is -0.486 e. The zero-order valence-corrected chi connectivity index (χ0v) is 19.7. The van der Waals surface area contributed by atoms with E-state index >= 15 is 0 Å². The van der Waals surface area contributed by atoms with Gasteiger partial charge in [0, 0.05) is 11.8 Å². The number of fused-ring (bicyclic) bond motifs is 1. The van der Waals surface area contributed by atoms with Gasteiger partial charge in [0.2, 0.25) is 5.91 Å². The number of aryl methyl sites for hydroxylation is 2. The molecule has 1 amide bonds. The maximum absolute atomic E-state index is 14.0. The Morgan fingerprint density at radius 1 is 1.03 bits per heavy atom. The number of benzene rings is 3. The Balaban J connectivity index is 1.70. The van der Waals surface area contributed by atoms with E-state index in [2.05, 4.69) is 5.32 Å². The molecule has 1 aliphatic rings. The number of ether oxygens (including phenoxy) is 2. The number of anilines is 2. The van der Waals surface area contributed by atoms with E-state index in [1.54, 1.807) is 0 Å². The highest BCUT2D eigenvalue weighted by Crippen LogP contribution is 2.34. The summed E-state index contributed by atoms with van der Waals surface area (Å²) in [5, 5.41) is 2.83. The number of carbonyl (C=O) groups is 1. The Kier molecular flexibility index (Phi) is 6.74. The monoisotopic (exact) mass is 484 g/mol. The molecule has 0 radical (unpaired) electrons. The normalized spacial score (nSPS) is 12.8. The second-order valence-electron chi connectivity index (χ2n) is 7.81. The van der Waals surface area contributed by atoms with Crippen LogP contribution in [0.15, 0.2) is 65.6 Å². The van der Waals surface area contributed by atoms with Crippen LogP contribution in [0.25, 0.3) is 0 Å². The average Bonchev–Trinajstić information content (AvgIpc) is 2.83. The third kappa shape index (κ3) is 4.84. The van der Waals surface area contributed by atoms with Gasteiger partial charge in [0.05, 0.1) is 10.6 Å². The van der Waals surface area contributed by atoms with Crippen molar-refractivity contribution in [2.75, 3.05) is 29.4 Å². The number of nitrogens with one attached hydrogen (secondary N) is 1. The Morgan fingerprint density at radius 2 is 1.76 bits per heavy atom. The summed E-state index contributed by atoms with van der Waals surface area (Å²) in [6.07, 6.45) is 0.695. The van der Waals surface area contributed by atoms with Gasteiger partial charge in [-0.3, -0.25) is 9.10 Å². The van der Waals surface area contributed by atoms with E-state index < -0.39 is 28.3 Å². The first-order valence-electron chi connectivity index (χ1n) is 10.9. The van der Waals surface area contributed by atoms with Crippen LogP contribution in [0.1, 0.15) is 18.1 Å². The van der Waals surface area contributed by atoms with Crippen molar-refractivity contribution >= 4 is 27.3 Å². The van der Waals surface area contributed by atoms with Crippen molar-refractivity contribution in [3.63, 3.8) is 0 Å². The molecule has 0 saturated carbocycles. The molecule has 1 N–H and O–H groups in total. The van der Waals surface area contributed by atoms with Gasteiger partial charge in [-0.05, 0) is 54.8 Å². The van der Waals surface area contributed by atoms with Gasteiger partial charge in [-0.2, -0.15) is 0 Å². The zero-order valence-electron chi connectivity index (χ0n) is 18.9. The number of para-hydroxylation sites is 1. The smallest absolute Gasteiger partial charge is 0.264 e. The lowest BCUT2D eigenvalue weighted by molar-refractivity contribution is -0.114. The van der Waals surface area contributed by atoms with Crippen LogP contribution in [0.3, 0.4) is 0 Å². The maximum Gasteiger partial charge on any atom is 0.264 e. The SMILES string of the molecule is CCc1cccc(C)c1NC(=O)CN(c1cccc(F)c1)S(=O)(=O)c1ccc2c(c1)OCCO2. The molecule has 178 valence electrons. The molecule has 0 unspecified atom stereocenters. The highest BCUT2D eigenvalue weighted by molar-refractivity contribution is 7.92. The molecule has 0 saturated heterocycles. The van der Waals surface area contributed by atoms with Crippen molar-refractivity contribution in [1.29, 1.82) is 0 Å². The second kappa shape index (κ2) is 9.72. The predicted molar refractivity (Wildman–Crippen MR) is 128 cm³/mol. The summed E-state index contributed by atoms with van der Waals surface area (Å²) in [5.74, 6) is -0.433. The highest BCUT2D eigenvalue weighted by atomic mass is 32.2. The summed E-state index contributed by atoms with van der Waals surface area (Å²) in [6.45, 7) is 3.95. The number of nitrogens with zero attached hydrogens (tertiary/aromatic N) is 1. The number of sulfonamides is 1. The largest absolute Gasteiger partial charge is 0.486 e. The molecule has 7 nitrogen and oxygen atoms in total. The molecule has 1 aliphatic heterocycles. The number of amides is 1. The second-order valence-corrected chi connectivity index (χ2v) is 9.67. The van der Waals surface area contributed by atoms with Crippen molar-refractivity contribution in [3.05, 3.63) is 77.6 Å². The summed E-state index contributed by atoms with van der Waals surface area (Å²) in [4.78, 5) is 13.0. The van der Waals surface area contributed by atoms with Crippen molar-refractivity contribution in [2.24, 2.45) is 0 Å². The standard InChI is InChI=1S/C25H25FN2O5S/c1-3-18-7-4-6-17(2)25(18)27-24(29)16-28(20-9-5-8-19(26)14-20)34(30,31)21-10-11-22-23(15-21)33-13-12-32-22/h4-11,14-15H,3,12-13,16H2,1-2H3,(H,27,29). The summed E-state index contributed by atoms with van der Waals surface area (Å²) in [5.41, 5.74) is 2.47. The lowest BCUT2D eigenvalue weighted by Crippen LogP contribution is -2.38. The van der Waals surface area contributed by atoms with E-state index in [1.807, 2.05) is 32.0 Å². The third-order valence-electron chi connectivity index (χ3n) is 5.49. The first-order chi connectivity index (χ1) is 16.3. The summed E-state index contributed by atoms with van der Waals surface area (Å²) >= 11 is 0. The van der Waals surface area contributed by atoms with Crippen LogP contribution >= 0.6 is 0 Å². The highest BCUT2D eigenvalue weighted by Gasteiger charge is 2.29. The molecule has 4 rings (SSSR count). The van der Waals surface area contributed by atoms with Crippen molar-refractivity contribution in [3.8, 4) is 11.5 Å². The molecule has 0 fully saturated rings. The van der Waals surface area contributed by atoms with Crippen LogP contribution in [-0.2, 0) is 21.2 Å². The molecule has 0 spiro atoms. The molecular weight excluding hydrogens is 459 g/mol. The molecule has 3 aromatic carbocycles. The molecular formula is C25H25FN2O5S. The molecule has 3 aromatic rings. The molecule has 0 atom stereocenters. The number of hydrogen-bond donors (Lipinski definition) is 1. The van der Waals surface area contributed by atoms with E-state index in [0.29, 0.717) is 36.8 Å². The minimum absolute atomic E-state index is 0.0329. The predicted octanol–water partition coefficient (Wildman–Crippen LogP) is 4.30. The van der Waals surface area contributed by atoms with Crippen molar-refractivity contribution < 1.29 is 27.1 Å². The lowest BCUT2D eigenvalue weighted by Gasteiger charge is -2.25. The van der Waals surface area contributed by atoms with E-state index in [-0.39, 0.29) is 10.6 Å². The number of hydrogen-bond acceptors (Lipinski definition) is 5. The van der Waals surface area contributed by atoms with Gasteiger partial charge in [-0.25, -0.2) is 12.8 Å². The first-order valence-corrected chi connectivity index (χ1v) is 12.3. The fourth-order valence-electron chi connectivity index (χ4n) is 3.77. The number of halogens is 1. The summed E-state index contributed by atoms with van der Waals surface area (Å²) < 4.78 is 53.2. The van der Waals surface area contributed by atoms with Crippen molar-refractivity contribution in [1.82, 2.24) is 0 Å². The van der Waals surface area contributed by atoms with Crippen molar-refractivity contribution in [2.45, 2.75) is 25.2 Å². The first kappa shape index (κ1) is 23.6. The van der Waals surface area contributed by atoms with E-state index in [1.165, 1.54) is 36.4 Å². The molecule has 0 aliphatic carbocycles. The fraction of sp³-hybridized carbons (Fsp3) is 0.240. The molecule has 34 heavy (non-hydrogen) atoms. The van der Waals surface area contributed by atoms with Gasteiger partial charge < -0.3 is 14.8 Å². The minimum atomic E-state index is -4.25. The summed E-state index contributed by atoms with van der Waals surface area (Å²) in [6, 6.07) is 15.0. The quantitative estimate of drug-likeness (QED) is 0.541. The Hall–Kier alpha value is -3.59. The molecule has 9 heteroatoms. The van der Waals surface area contributed by atoms with E-state index in [0.717, 1.165) is 21.5 Å². The lowest BCUT2D eigenvalue weighted by atomic mass is 10.1. The maximum atomic E-state index is 14.0. The number of carbonyl (C=O) groups excluding carboxylic acids is 1. The van der Waals surface area contributed by atoms with Crippen LogP contribution in [0.2, 0.25) is 0 Å². The van der Waals surface area contributed by atoms with Crippen LogP contribution in [0.4, 0.5) is 15.8 Å².